The number of hydrogen-bond acceptors (Lipinski definition) is 4. The van der Waals surface area contributed by atoms with Crippen molar-refractivity contribution >= 4 is 16.9 Å². The minimum atomic E-state index is -3.04. The Morgan fingerprint density at radius 3 is 2.71 bits per heavy atom. The fourth-order valence-corrected chi connectivity index (χ4v) is 5.27. The number of carboxylic acids is 1. The van der Waals surface area contributed by atoms with E-state index in [2.05, 4.69) is 10.3 Å². The average molecular weight is 536 g/mol. The van der Waals surface area contributed by atoms with Crippen LogP contribution in [-0.4, -0.2) is 59.9 Å². The summed E-state index contributed by atoms with van der Waals surface area (Å²) >= 11 is 0. The largest absolute Gasteiger partial charge is 0.492 e. The van der Waals surface area contributed by atoms with Gasteiger partial charge in [-0.1, -0.05) is 25.1 Å². The normalized spacial score (nSPS) is 18.6. The third-order valence-corrected chi connectivity index (χ3v) is 7.13. The number of carbonyl (C=O) groups is 1. The number of nitrogens with one attached hydrogen (secondary N) is 2. The minimum absolute atomic E-state index is 0.0372. The topological polar surface area (TPSA) is 77.6 Å². The lowest BCUT2D eigenvalue weighted by Crippen LogP contribution is -2.46. The molecule has 3 aromatic rings. The van der Waals surface area contributed by atoms with E-state index >= 15 is 4.39 Å². The Balaban J connectivity index is 1.82. The van der Waals surface area contributed by atoms with Crippen LogP contribution in [0.15, 0.2) is 36.4 Å². The Morgan fingerprint density at radius 2 is 2.00 bits per heavy atom. The van der Waals surface area contributed by atoms with Gasteiger partial charge in [-0.3, -0.25) is 14.1 Å². The zero-order valence-corrected chi connectivity index (χ0v) is 21.4. The van der Waals surface area contributed by atoms with E-state index in [4.69, 9.17) is 4.74 Å². The molecule has 2 heterocycles. The van der Waals surface area contributed by atoms with Crippen molar-refractivity contribution in [2.75, 3.05) is 32.9 Å². The molecule has 0 amide bonds. The fourth-order valence-electron chi connectivity index (χ4n) is 5.27. The zero-order chi connectivity index (χ0) is 27.4. The van der Waals surface area contributed by atoms with E-state index < -0.39 is 42.4 Å². The summed E-state index contributed by atoms with van der Waals surface area (Å²) in [5, 5.41) is 13.5. The maximum atomic E-state index is 15.7. The quantitative estimate of drug-likeness (QED) is 0.207. The summed E-state index contributed by atoms with van der Waals surface area (Å²) in [6.07, 6.45) is -2.16. The van der Waals surface area contributed by atoms with Crippen LogP contribution in [0.3, 0.4) is 0 Å². The molecule has 2 aromatic carbocycles. The molecular formula is C28H33F4N3O3. The molecule has 206 valence electrons. The molecule has 4 rings (SSSR count). The number of halogens is 4. The number of ether oxygens (including phenoxy) is 1. The first-order chi connectivity index (χ1) is 18.2. The standard InChI is InChI=1S/C28H33F4N3O3/c1-16(28(36)37)15-35-17(2)14-19-18-6-3-4-7-21(18)34-25(19)26(35)23-20(30)8-9-22(24(23)27(31)32)38-13-12-33-11-5-10-29/h3-4,6-9,16-17,26-27,33-34H,5,10-15H2,1-2H3,(H,36,37)/t16?,17-,26?/m1/s1. The maximum absolute atomic E-state index is 15.7. The first kappa shape index (κ1) is 27.9. The van der Waals surface area contributed by atoms with Crippen LogP contribution in [0.4, 0.5) is 17.6 Å². The number of para-hydroxylation sites is 1. The van der Waals surface area contributed by atoms with E-state index in [1.807, 2.05) is 31.2 Å². The molecule has 6 nitrogen and oxygen atoms in total. The molecule has 38 heavy (non-hydrogen) atoms. The van der Waals surface area contributed by atoms with Gasteiger partial charge in [0.15, 0.2) is 0 Å². The van der Waals surface area contributed by atoms with Crippen molar-refractivity contribution in [2.24, 2.45) is 5.92 Å². The highest BCUT2D eigenvalue weighted by Gasteiger charge is 2.41. The predicted octanol–water partition coefficient (Wildman–Crippen LogP) is 5.63. The fraction of sp³-hybridized carbons (Fsp3) is 0.464. The average Bonchev–Trinajstić information content (AvgIpc) is 3.25. The summed E-state index contributed by atoms with van der Waals surface area (Å²) in [7, 11) is 0. The summed E-state index contributed by atoms with van der Waals surface area (Å²) in [6, 6.07) is 8.65. The molecular weight excluding hydrogens is 502 g/mol. The van der Waals surface area contributed by atoms with Crippen molar-refractivity contribution < 1.29 is 32.2 Å². The van der Waals surface area contributed by atoms with Crippen molar-refractivity contribution in [3.05, 3.63) is 64.6 Å². The highest BCUT2D eigenvalue weighted by atomic mass is 19.3. The van der Waals surface area contributed by atoms with Gasteiger partial charge in [-0.15, -0.1) is 0 Å². The van der Waals surface area contributed by atoms with Crippen molar-refractivity contribution in [1.29, 1.82) is 0 Å². The molecule has 1 aromatic heterocycles. The molecule has 10 heteroatoms. The van der Waals surface area contributed by atoms with Crippen LogP contribution in [-0.2, 0) is 11.2 Å². The van der Waals surface area contributed by atoms with Crippen molar-refractivity contribution in [2.45, 2.75) is 45.2 Å². The van der Waals surface area contributed by atoms with Crippen LogP contribution in [0.2, 0.25) is 0 Å². The van der Waals surface area contributed by atoms with Gasteiger partial charge >= 0.3 is 5.97 Å². The monoisotopic (exact) mass is 535 g/mol. The Bertz CT molecular complexity index is 1270. The number of carboxylic acid groups (broad SMARTS) is 1. The summed E-state index contributed by atoms with van der Waals surface area (Å²) in [4.78, 5) is 16.9. The summed E-state index contributed by atoms with van der Waals surface area (Å²) in [5.74, 6) is -2.78. The number of fused-ring (bicyclic) bond motifs is 3. The lowest BCUT2D eigenvalue weighted by molar-refractivity contribution is -0.142. The van der Waals surface area contributed by atoms with Gasteiger partial charge in [-0.05, 0) is 50.1 Å². The molecule has 0 aliphatic carbocycles. The Morgan fingerprint density at radius 1 is 1.24 bits per heavy atom. The van der Waals surface area contributed by atoms with Crippen LogP contribution in [0.1, 0.15) is 55.1 Å². The van der Waals surface area contributed by atoms with Gasteiger partial charge < -0.3 is 20.1 Å². The SMILES string of the molecule is CC(CN1C(c2c(F)ccc(OCCNCCCF)c2C(F)F)c2[nH]c3ccccc3c2C[C@H]1C)C(=O)O. The molecule has 0 saturated heterocycles. The number of rotatable bonds is 12. The lowest BCUT2D eigenvalue weighted by atomic mass is 9.85. The first-order valence-corrected chi connectivity index (χ1v) is 12.8. The molecule has 3 N–H and O–H groups in total. The van der Waals surface area contributed by atoms with Gasteiger partial charge in [0.1, 0.15) is 18.2 Å². The van der Waals surface area contributed by atoms with E-state index in [1.54, 1.807) is 11.8 Å². The molecule has 1 aliphatic rings. The molecule has 0 radical (unpaired) electrons. The number of benzene rings is 2. The molecule has 3 atom stereocenters. The van der Waals surface area contributed by atoms with Crippen LogP contribution < -0.4 is 10.1 Å². The molecule has 0 saturated carbocycles. The van der Waals surface area contributed by atoms with Gasteiger partial charge in [0.25, 0.3) is 6.43 Å². The van der Waals surface area contributed by atoms with Gasteiger partial charge in [0.05, 0.1) is 24.2 Å². The summed E-state index contributed by atoms with van der Waals surface area (Å²) in [6.45, 7) is 3.80. The van der Waals surface area contributed by atoms with Crippen molar-refractivity contribution in [1.82, 2.24) is 15.2 Å². The summed E-state index contributed by atoms with van der Waals surface area (Å²) < 4.78 is 63.0. The second-order valence-corrected chi connectivity index (χ2v) is 9.77. The second kappa shape index (κ2) is 12.2. The summed E-state index contributed by atoms with van der Waals surface area (Å²) in [5.41, 5.74) is 1.51. The van der Waals surface area contributed by atoms with Crippen molar-refractivity contribution in [3.8, 4) is 5.75 Å². The second-order valence-electron chi connectivity index (χ2n) is 9.77. The third kappa shape index (κ3) is 5.66. The predicted molar refractivity (Wildman–Crippen MR) is 137 cm³/mol. The number of hydrogen-bond donors (Lipinski definition) is 3. The number of nitrogens with zero attached hydrogens (tertiary/aromatic N) is 1. The van der Waals surface area contributed by atoms with Crippen LogP contribution in [0, 0.1) is 11.7 Å². The molecule has 0 spiro atoms. The number of H-pyrrole nitrogens is 1. The molecule has 0 fully saturated rings. The zero-order valence-electron chi connectivity index (χ0n) is 21.4. The highest BCUT2D eigenvalue weighted by Crippen LogP contribution is 2.46. The van der Waals surface area contributed by atoms with E-state index in [0.29, 0.717) is 31.6 Å². The highest BCUT2D eigenvalue weighted by molar-refractivity contribution is 5.85. The maximum Gasteiger partial charge on any atom is 0.307 e. The van der Waals surface area contributed by atoms with Crippen LogP contribution in [0.5, 0.6) is 5.75 Å². The van der Waals surface area contributed by atoms with Gasteiger partial charge in [-0.25, -0.2) is 13.2 Å². The van der Waals surface area contributed by atoms with E-state index in [-0.39, 0.29) is 30.5 Å². The van der Waals surface area contributed by atoms with Gasteiger partial charge in [0.2, 0.25) is 0 Å². The Hall–Kier alpha value is -3.11. The Kier molecular flexibility index (Phi) is 8.94. The molecule has 0 bridgehead atoms. The molecule has 2 unspecified atom stereocenters. The number of aromatic amines is 1. The minimum Gasteiger partial charge on any atom is -0.492 e. The lowest BCUT2D eigenvalue weighted by Gasteiger charge is -2.42. The number of aliphatic carboxylic acids is 1. The van der Waals surface area contributed by atoms with E-state index in [1.165, 1.54) is 6.07 Å². The first-order valence-electron chi connectivity index (χ1n) is 12.8. The smallest absolute Gasteiger partial charge is 0.307 e. The van der Waals surface area contributed by atoms with Gasteiger partial charge in [0, 0.05) is 41.3 Å². The van der Waals surface area contributed by atoms with Crippen molar-refractivity contribution in [3.63, 3.8) is 0 Å². The third-order valence-electron chi connectivity index (χ3n) is 7.13. The Labute approximate surface area is 219 Å². The van der Waals surface area contributed by atoms with Gasteiger partial charge in [-0.2, -0.15) is 0 Å². The van der Waals surface area contributed by atoms with Crippen LogP contribution >= 0.6 is 0 Å². The van der Waals surface area contributed by atoms with Crippen LogP contribution in [0.25, 0.3) is 10.9 Å². The number of alkyl halides is 3. The molecule has 1 aliphatic heterocycles. The van der Waals surface area contributed by atoms with E-state index in [0.717, 1.165) is 22.5 Å². The number of aromatic nitrogens is 1. The van der Waals surface area contributed by atoms with E-state index in [9.17, 15) is 23.1 Å².